The molecule has 0 aliphatic carbocycles. The lowest BCUT2D eigenvalue weighted by molar-refractivity contribution is -0.132. The summed E-state index contributed by atoms with van der Waals surface area (Å²) >= 11 is 1.33. The number of nitrogens with zero attached hydrogens (tertiary/aromatic N) is 2. The molecule has 7 nitrogen and oxygen atoms in total. The van der Waals surface area contributed by atoms with Gasteiger partial charge in [0.25, 0.3) is 5.56 Å². The molecule has 2 amide bonds. The van der Waals surface area contributed by atoms with E-state index in [1.165, 1.54) is 16.2 Å². The molecule has 0 aliphatic heterocycles. The molecule has 0 spiro atoms. The molecule has 0 unspecified atom stereocenters. The molecular weight excluding hydrogens is 352 g/mol. The van der Waals surface area contributed by atoms with Gasteiger partial charge in [-0.05, 0) is 17.0 Å². The van der Waals surface area contributed by atoms with Crippen molar-refractivity contribution in [2.24, 2.45) is 0 Å². The van der Waals surface area contributed by atoms with Crippen molar-refractivity contribution < 1.29 is 9.59 Å². The Kier molecular flexibility index (Phi) is 5.43. The molecule has 0 radical (unpaired) electrons. The second-order valence-electron chi connectivity index (χ2n) is 5.84. The number of nitrogens with one attached hydrogen (secondary N) is 2. The van der Waals surface area contributed by atoms with Gasteiger partial charge in [0.1, 0.15) is 10.5 Å². The van der Waals surface area contributed by atoms with Gasteiger partial charge in [-0.15, -0.1) is 11.3 Å². The van der Waals surface area contributed by atoms with Crippen LogP contribution in [0.15, 0.2) is 46.6 Å². The maximum atomic E-state index is 12.2. The van der Waals surface area contributed by atoms with Crippen molar-refractivity contribution in [3.05, 3.63) is 63.5 Å². The first-order valence-corrected chi connectivity index (χ1v) is 8.92. The maximum Gasteiger partial charge on any atom is 0.268 e. The van der Waals surface area contributed by atoms with Crippen molar-refractivity contribution in [2.75, 3.05) is 13.6 Å². The third kappa shape index (κ3) is 4.34. The highest BCUT2D eigenvalue weighted by Crippen LogP contribution is 2.13. The zero-order valence-electron chi connectivity index (χ0n) is 14.2. The van der Waals surface area contributed by atoms with E-state index in [4.69, 9.17) is 0 Å². The maximum absolute atomic E-state index is 12.2. The zero-order valence-corrected chi connectivity index (χ0v) is 15.0. The van der Waals surface area contributed by atoms with E-state index in [1.54, 1.807) is 18.5 Å². The molecule has 2 heterocycles. The van der Waals surface area contributed by atoms with E-state index >= 15 is 0 Å². The van der Waals surface area contributed by atoms with Gasteiger partial charge in [0.15, 0.2) is 0 Å². The molecule has 3 rings (SSSR count). The average Bonchev–Trinajstić information content (AvgIpc) is 3.09. The van der Waals surface area contributed by atoms with E-state index < -0.39 is 0 Å². The number of likely N-dealkylation sites (N-methyl/N-ethyl adjacent to an activating group) is 1. The van der Waals surface area contributed by atoms with Crippen LogP contribution in [-0.4, -0.2) is 40.3 Å². The summed E-state index contributed by atoms with van der Waals surface area (Å²) in [6.45, 7) is 0.0571. The van der Waals surface area contributed by atoms with Crippen molar-refractivity contribution in [1.82, 2.24) is 20.2 Å². The highest BCUT2D eigenvalue weighted by Gasteiger charge is 2.13. The highest BCUT2D eigenvalue weighted by molar-refractivity contribution is 7.17. The molecule has 26 heavy (non-hydrogen) atoms. The minimum Gasteiger partial charge on any atom is -0.347 e. The van der Waals surface area contributed by atoms with Gasteiger partial charge >= 0.3 is 0 Å². The first kappa shape index (κ1) is 17.8. The van der Waals surface area contributed by atoms with Crippen LogP contribution >= 0.6 is 11.3 Å². The van der Waals surface area contributed by atoms with Crippen molar-refractivity contribution in [3.63, 3.8) is 0 Å². The largest absolute Gasteiger partial charge is 0.347 e. The third-order valence-electron chi connectivity index (χ3n) is 3.82. The second kappa shape index (κ2) is 7.92. The Balaban J connectivity index is 1.54. The van der Waals surface area contributed by atoms with Gasteiger partial charge in [-0.25, -0.2) is 4.98 Å². The van der Waals surface area contributed by atoms with E-state index in [-0.39, 0.29) is 36.9 Å². The number of hydrogen-bond donors (Lipinski definition) is 2. The highest BCUT2D eigenvalue weighted by atomic mass is 32.1. The quantitative estimate of drug-likeness (QED) is 0.684. The lowest BCUT2D eigenvalue weighted by Crippen LogP contribution is -2.38. The molecule has 3 aromatic rings. The van der Waals surface area contributed by atoms with E-state index in [2.05, 4.69) is 15.3 Å². The van der Waals surface area contributed by atoms with E-state index in [9.17, 15) is 14.4 Å². The number of rotatable bonds is 6. The van der Waals surface area contributed by atoms with Gasteiger partial charge in [-0.3, -0.25) is 14.4 Å². The SMILES string of the molecule is CN(Cc1nc2ccsc2c(=O)[nH]1)C(=O)CNC(=O)Cc1ccccc1. The number of aromatic amines is 1. The van der Waals surface area contributed by atoms with Gasteiger partial charge in [-0.2, -0.15) is 0 Å². The van der Waals surface area contributed by atoms with Crippen molar-refractivity contribution in [1.29, 1.82) is 0 Å². The van der Waals surface area contributed by atoms with Crippen molar-refractivity contribution in [2.45, 2.75) is 13.0 Å². The number of aromatic nitrogens is 2. The second-order valence-corrected chi connectivity index (χ2v) is 6.75. The standard InChI is InChI=1S/C18H18N4O3S/c1-22(11-14-20-13-7-8-26-17(13)18(25)21-14)16(24)10-19-15(23)9-12-5-3-2-4-6-12/h2-8H,9-11H2,1H3,(H,19,23)(H,20,21,25). The molecule has 0 atom stereocenters. The molecule has 1 aromatic carbocycles. The molecule has 2 aromatic heterocycles. The fourth-order valence-electron chi connectivity index (χ4n) is 2.46. The number of H-pyrrole nitrogens is 1. The topological polar surface area (TPSA) is 95.2 Å². The van der Waals surface area contributed by atoms with Crippen molar-refractivity contribution >= 4 is 33.4 Å². The molecule has 0 bridgehead atoms. The summed E-state index contributed by atoms with van der Waals surface area (Å²) in [4.78, 5) is 44.5. The smallest absolute Gasteiger partial charge is 0.268 e. The van der Waals surface area contributed by atoms with E-state index in [0.29, 0.717) is 16.0 Å². The summed E-state index contributed by atoms with van der Waals surface area (Å²) in [5, 5.41) is 4.41. The first-order valence-electron chi connectivity index (χ1n) is 8.04. The number of fused-ring (bicyclic) bond motifs is 1. The Bertz CT molecular complexity index is 981. The Morgan fingerprint density at radius 1 is 1.23 bits per heavy atom. The summed E-state index contributed by atoms with van der Waals surface area (Å²) < 4.78 is 0.566. The molecule has 0 saturated heterocycles. The first-order chi connectivity index (χ1) is 12.5. The Hall–Kier alpha value is -3.00. The molecule has 0 saturated carbocycles. The van der Waals surface area contributed by atoms with Crippen LogP contribution in [0.25, 0.3) is 10.2 Å². The molecule has 134 valence electrons. The number of thiophene rings is 1. The molecule has 2 N–H and O–H groups in total. The van der Waals surface area contributed by atoms with Crippen LogP contribution in [0.3, 0.4) is 0 Å². The van der Waals surface area contributed by atoms with Gasteiger partial charge in [0, 0.05) is 7.05 Å². The zero-order chi connectivity index (χ0) is 18.5. The Morgan fingerprint density at radius 2 is 2.00 bits per heavy atom. The molecule has 0 fully saturated rings. The summed E-state index contributed by atoms with van der Waals surface area (Å²) in [6.07, 6.45) is 0.224. The van der Waals surface area contributed by atoms with Gasteiger partial charge in [-0.1, -0.05) is 30.3 Å². The summed E-state index contributed by atoms with van der Waals surface area (Å²) in [5.74, 6) is -0.0731. The van der Waals surface area contributed by atoms with Gasteiger partial charge in [0.2, 0.25) is 11.8 Å². The Labute approximate surface area is 153 Å². The minimum absolute atomic E-state index is 0.104. The fraction of sp³-hybridized carbons (Fsp3) is 0.222. The fourth-order valence-corrected chi connectivity index (χ4v) is 3.19. The lowest BCUT2D eigenvalue weighted by atomic mass is 10.1. The van der Waals surface area contributed by atoms with Crippen molar-refractivity contribution in [3.8, 4) is 0 Å². The average molecular weight is 370 g/mol. The lowest BCUT2D eigenvalue weighted by Gasteiger charge is -2.17. The third-order valence-corrected chi connectivity index (χ3v) is 4.72. The normalized spacial score (nSPS) is 10.7. The van der Waals surface area contributed by atoms with E-state index in [1.807, 2.05) is 30.3 Å². The monoisotopic (exact) mass is 370 g/mol. The molecular formula is C18H18N4O3S. The summed E-state index contributed by atoms with van der Waals surface area (Å²) in [5.41, 5.74) is 1.29. The number of amides is 2. The van der Waals surface area contributed by atoms with Crippen LogP contribution < -0.4 is 10.9 Å². The van der Waals surface area contributed by atoms with Crippen LogP contribution in [-0.2, 0) is 22.6 Å². The summed E-state index contributed by atoms with van der Waals surface area (Å²) in [6, 6.07) is 11.1. The van der Waals surface area contributed by atoms with Crippen LogP contribution in [0.2, 0.25) is 0 Å². The van der Waals surface area contributed by atoms with Crippen LogP contribution in [0, 0.1) is 0 Å². The van der Waals surface area contributed by atoms with Gasteiger partial charge < -0.3 is 15.2 Å². The van der Waals surface area contributed by atoms with Crippen LogP contribution in [0.5, 0.6) is 0 Å². The predicted octanol–water partition coefficient (Wildman–Crippen LogP) is 1.30. The summed E-state index contributed by atoms with van der Waals surface area (Å²) in [7, 11) is 1.60. The number of carbonyl (C=O) groups is 2. The number of benzene rings is 1. The molecule has 8 heteroatoms. The number of carbonyl (C=O) groups excluding carboxylic acids is 2. The van der Waals surface area contributed by atoms with Crippen LogP contribution in [0.1, 0.15) is 11.4 Å². The predicted molar refractivity (Wildman–Crippen MR) is 99.9 cm³/mol. The Morgan fingerprint density at radius 3 is 2.77 bits per heavy atom. The van der Waals surface area contributed by atoms with Gasteiger partial charge in [0.05, 0.1) is 25.0 Å². The molecule has 0 aliphatic rings. The van der Waals surface area contributed by atoms with E-state index in [0.717, 1.165) is 5.56 Å². The minimum atomic E-state index is -0.264. The number of hydrogen-bond acceptors (Lipinski definition) is 5. The van der Waals surface area contributed by atoms with Crippen LogP contribution in [0.4, 0.5) is 0 Å².